The maximum absolute atomic E-state index is 12.6. The van der Waals surface area contributed by atoms with Crippen molar-refractivity contribution in [3.05, 3.63) is 36.0 Å². The van der Waals surface area contributed by atoms with Gasteiger partial charge in [0.05, 0.1) is 6.54 Å². The highest BCUT2D eigenvalue weighted by Gasteiger charge is 2.41. The van der Waals surface area contributed by atoms with Crippen LogP contribution in [0.4, 0.5) is 4.79 Å². The fourth-order valence-corrected chi connectivity index (χ4v) is 3.94. The number of aromatic amines is 1. The Morgan fingerprint density at radius 1 is 1.24 bits per heavy atom. The van der Waals surface area contributed by atoms with Crippen LogP contribution in [-0.2, 0) is 16.0 Å². The molecule has 0 bridgehead atoms. The molecule has 1 atom stereocenters. The molecule has 2 saturated heterocycles. The zero-order valence-electron chi connectivity index (χ0n) is 14.2. The topological polar surface area (TPSA) is 74.4 Å². The van der Waals surface area contributed by atoms with Crippen LogP contribution in [0.1, 0.15) is 31.2 Å². The summed E-state index contributed by atoms with van der Waals surface area (Å²) in [7, 11) is 0. The van der Waals surface area contributed by atoms with Crippen LogP contribution in [-0.4, -0.2) is 47.1 Å². The second-order valence-corrected chi connectivity index (χ2v) is 7.02. The lowest BCUT2D eigenvalue weighted by atomic mass is 9.95. The molecule has 0 radical (unpaired) electrons. The molecule has 4 rings (SSSR count). The van der Waals surface area contributed by atoms with Gasteiger partial charge in [0.25, 0.3) is 0 Å². The normalized spacial score (nSPS) is 23.5. The van der Waals surface area contributed by atoms with Crippen molar-refractivity contribution < 1.29 is 14.3 Å². The standard InChI is InChI=1S/C19H23N3O3/c23-17(7-6-14-12-20-16-5-2-1-4-15(14)16)22-10-3-8-19(9-11-22)13-21-18(24)25-19/h1-2,4-5,12,20H,3,6-11,13H2,(H,21,24)/t19-/m1/s1. The predicted molar refractivity (Wildman–Crippen MR) is 94.3 cm³/mol. The molecule has 3 heterocycles. The molecule has 0 aliphatic carbocycles. The molecule has 2 aromatic rings. The smallest absolute Gasteiger partial charge is 0.407 e. The van der Waals surface area contributed by atoms with Crippen LogP contribution in [0.25, 0.3) is 10.9 Å². The second kappa shape index (κ2) is 6.43. The monoisotopic (exact) mass is 341 g/mol. The molecule has 1 aromatic carbocycles. The molecule has 1 aromatic heterocycles. The van der Waals surface area contributed by atoms with E-state index in [2.05, 4.69) is 16.4 Å². The molecule has 6 heteroatoms. The first kappa shape index (κ1) is 16.0. The Balaban J connectivity index is 1.36. The van der Waals surface area contributed by atoms with Gasteiger partial charge >= 0.3 is 6.09 Å². The van der Waals surface area contributed by atoms with E-state index in [0.29, 0.717) is 25.9 Å². The number of alkyl carbamates (subject to hydrolysis) is 1. The molecule has 0 unspecified atom stereocenters. The third kappa shape index (κ3) is 3.21. The number of carbonyl (C=O) groups excluding carboxylic acids is 2. The zero-order valence-corrected chi connectivity index (χ0v) is 14.2. The van der Waals surface area contributed by atoms with Gasteiger partial charge in [0, 0.05) is 43.0 Å². The van der Waals surface area contributed by atoms with Gasteiger partial charge in [0.15, 0.2) is 0 Å². The Kier molecular flexibility index (Phi) is 4.11. The summed E-state index contributed by atoms with van der Waals surface area (Å²) in [6.07, 6.45) is 5.31. The molecule has 2 fully saturated rings. The molecule has 2 amide bonds. The second-order valence-electron chi connectivity index (χ2n) is 7.02. The lowest BCUT2D eigenvalue weighted by Gasteiger charge is -2.25. The molecule has 1 spiro atoms. The van der Waals surface area contributed by atoms with Gasteiger partial charge in [0.2, 0.25) is 5.91 Å². The fraction of sp³-hybridized carbons (Fsp3) is 0.474. The molecule has 6 nitrogen and oxygen atoms in total. The number of benzene rings is 1. The number of aromatic nitrogens is 1. The van der Waals surface area contributed by atoms with Crippen LogP contribution in [0.3, 0.4) is 0 Å². The van der Waals surface area contributed by atoms with Crippen molar-refractivity contribution in [1.82, 2.24) is 15.2 Å². The van der Waals surface area contributed by atoms with Gasteiger partial charge in [-0.2, -0.15) is 0 Å². The number of nitrogens with zero attached hydrogens (tertiary/aromatic N) is 1. The molecular weight excluding hydrogens is 318 g/mol. The molecule has 2 aliphatic heterocycles. The van der Waals surface area contributed by atoms with Crippen LogP contribution in [0.5, 0.6) is 0 Å². The number of hydrogen-bond acceptors (Lipinski definition) is 3. The number of rotatable bonds is 3. The number of nitrogens with one attached hydrogen (secondary N) is 2. The Bertz CT molecular complexity index is 800. The maximum Gasteiger partial charge on any atom is 0.407 e. The SMILES string of the molecule is O=C1NC[C@]2(CCCN(C(=O)CCc3c[nH]c4ccccc34)CC2)O1. The molecule has 25 heavy (non-hydrogen) atoms. The van der Waals surface area contributed by atoms with Gasteiger partial charge < -0.3 is 19.9 Å². The lowest BCUT2D eigenvalue weighted by Crippen LogP contribution is -2.36. The quantitative estimate of drug-likeness (QED) is 0.901. The van der Waals surface area contributed by atoms with Crippen molar-refractivity contribution in [1.29, 1.82) is 0 Å². The van der Waals surface area contributed by atoms with Crippen LogP contribution < -0.4 is 5.32 Å². The van der Waals surface area contributed by atoms with Crippen molar-refractivity contribution in [2.24, 2.45) is 0 Å². The van der Waals surface area contributed by atoms with Gasteiger partial charge in [-0.05, 0) is 30.9 Å². The van der Waals surface area contributed by atoms with Crippen LogP contribution >= 0.6 is 0 Å². The number of para-hydroxylation sites is 1. The van der Waals surface area contributed by atoms with Gasteiger partial charge in [-0.3, -0.25) is 4.79 Å². The number of ether oxygens (including phenoxy) is 1. The summed E-state index contributed by atoms with van der Waals surface area (Å²) in [5.41, 5.74) is 1.88. The average molecular weight is 341 g/mol. The molecule has 132 valence electrons. The number of fused-ring (bicyclic) bond motifs is 1. The largest absolute Gasteiger partial charge is 0.441 e. The van der Waals surface area contributed by atoms with E-state index in [0.717, 1.165) is 31.3 Å². The first-order chi connectivity index (χ1) is 12.2. The van der Waals surface area contributed by atoms with Crippen LogP contribution in [0, 0.1) is 0 Å². The first-order valence-corrected chi connectivity index (χ1v) is 8.95. The van der Waals surface area contributed by atoms with E-state index < -0.39 is 5.60 Å². The highest BCUT2D eigenvalue weighted by molar-refractivity contribution is 5.84. The number of amides is 2. The predicted octanol–water partition coefficient (Wildman–Crippen LogP) is 2.59. The van der Waals surface area contributed by atoms with E-state index in [9.17, 15) is 9.59 Å². The third-order valence-corrected chi connectivity index (χ3v) is 5.40. The average Bonchev–Trinajstić information content (AvgIpc) is 3.12. The summed E-state index contributed by atoms with van der Waals surface area (Å²) in [4.78, 5) is 29.2. The fourth-order valence-electron chi connectivity index (χ4n) is 3.94. The number of carbonyl (C=O) groups is 2. The molecule has 2 aliphatic rings. The Labute approximate surface area is 146 Å². The maximum atomic E-state index is 12.6. The van der Waals surface area contributed by atoms with Crippen molar-refractivity contribution in [3.63, 3.8) is 0 Å². The summed E-state index contributed by atoms with van der Waals surface area (Å²) < 4.78 is 5.47. The minimum atomic E-state index is -0.414. The van der Waals surface area contributed by atoms with Gasteiger partial charge in [0.1, 0.15) is 5.60 Å². The first-order valence-electron chi connectivity index (χ1n) is 8.95. The molecule has 0 saturated carbocycles. The van der Waals surface area contributed by atoms with E-state index in [4.69, 9.17) is 4.74 Å². The van der Waals surface area contributed by atoms with Crippen molar-refractivity contribution in [2.45, 2.75) is 37.7 Å². The van der Waals surface area contributed by atoms with E-state index in [-0.39, 0.29) is 12.0 Å². The van der Waals surface area contributed by atoms with Crippen LogP contribution in [0.15, 0.2) is 30.5 Å². The minimum absolute atomic E-state index is 0.180. The third-order valence-electron chi connectivity index (χ3n) is 5.40. The van der Waals surface area contributed by atoms with E-state index >= 15 is 0 Å². The summed E-state index contributed by atoms with van der Waals surface area (Å²) in [5.74, 6) is 0.180. The lowest BCUT2D eigenvalue weighted by molar-refractivity contribution is -0.131. The number of likely N-dealkylation sites (tertiary alicyclic amines) is 1. The van der Waals surface area contributed by atoms with Gasteiger partial charge in [-0.25, -0.2) is 4.79 Å². The summed E-state index contributed by atoms with van der Waals surface area (Å²) >= 11 is 0. The Morgan fingerprint density at radius 3 is 2.96 bits per heavy atom. The molecule has 2 N–H and O–H groups in total. The molecular formula is C19H23N3O3. The highest BCUT2D eigenvalue weighted by atomic mass is 16.6. The Hall–Kier alpha value is -2.50. The van der Waals surface area contributed by atoms with Gasteiger partial charge in [-0.1, -0.05) is 18.2 Å². The summed E-state index contributed by atoms with van der Waals surface area (Å²) in [5, 5.41) is 3.93. The number of hydrogen-bond donors (Lipinski definition) is 2. The Morgan fingerprint density at radius 2 is 2.12 bits per heavy atom. The summed E-state index contributed by atoms with van der Waals surface area (Å²) in [6.45, 7) is 1.96. The zero-order chi connectivity index (χ0) is 17.3. The van der Waals surface area contributed by atoms with E-state index in [1.807, 2.05) is 29.3 Å². The van der Waals surface area contributed by atoms with E-state index in [1.165, 1.54) is 10.9 Å². The highest BCUT2D eigenvalue weighted by Crippen LogP contribution is 2.29. The van der Waals surface area contributed by atoms with Gasteiger partial charge in [-0.15, -0.1) is 0 Å². The number of H-pyrrole nitrogens is 1. The van der Waals surface area contributed by atoms with Crippen molar-refractivity contribution in [2.75, 3.05) is 19.6 Å². The van der Waals surface area contributed by atoms with E-state index in [1.54, 1.807) is 0 Å². The number of aryl methyl sites for hydroxylation is 1. The summed E-state index contributed by atoms with van der Waals surface area (Å²) in [6, 6.07) is 8.16. The minimum Gasteiger partial charge on any atom is -0.441 e. The van der Waals surface area contributed by atoms with Crippen molar-refractivity contribution in [3.8, 4) is 0 Å². The van der Waals surface area contributed by atoms with Crippen molar-refractivity contribution >= 4 is 22.9 Å². The van der Waals surface area contributed by atoms with Crippen LogP contribution in [0.2, 0.25) is 0 Å².